The molecule has 2 nitrogen and oxygen atoms in total. The van der Waals surface area contributed by atoms with Crippen LogP contribution in [0, 0.1) is 0 Å². The minimum atomic E-state index is -4.75. The van der Waals surface area contributed by atoms with E-state index in [0.717, 1.165) is 13.2 Å². The van der Waals surface area contributed by atoms with Gasteiger partial charge in [-0.1, -0.05) is 11.6 Å². The Morgan fingerprint density at radius 2 is 2.00 bits per heavy atom. The van der Waals surface area contributed by atoms with Crippen LogP contribution in [0.2, 0.25) is 5.02 Å². The maximum Gasteiger partial charge on any atom is 0.418 e. The van der Waals surface area contributed by atoms with E-state index >= 15 is 0 Å². The third kappa shape index (κ3) is 2.84. The number of Topliss-reactive ketones (excluding diaryl/α,β-unsaturated/α-hetero) is 1. The van der Waals surface area contributed by atoms with Crippen molar-refractivity contribution in [1.29, 1.82) is 0 Å². The number of carbonyl (C=O) groups excluding carboxylic acids is 1. The van der Waals surface area contributed by atoms with Crippen molar-refractivity contribution < 1.29 is 22.7 Å². The molecule has 0 aromatic heterocycles. The zero-order valence-electron chi connectivity index (χ0n) is 8.57. The molecule has 0 radical (unpaired) electrons. The predicted molar refractivity (Wildman–Crippen MR) is 58.1 cm³/mol. The topological polar surface area (TPSA) is 26.3 Å². The normalized spacial score (nSPS) is 11.4. The Labute approximate surface area is 105 Å². The summed E-state index contributed by atoms with van der Waals surface area (Å²) in [7, 11) is 1.16. The van der Waals surface area contributed by atoms with E-state index in [4.69, 9.17) is 27.9 Å². The van der Waals surface area contributed by atoms with Gasteiger partial charge in [0, 0.05) is 0 Å². The molecule has 0 fully saturated rings. The molecule has 0 heterocycles. The molecule has 1 rings (SSSR count). The van der Waals surface area contributed by atoms with Gasteiger partial charge < -0.3 is 4.74 Å². The Kier molecular flexibility index (Phi) is 4.27. The molecule has 0 N–H and O–H groups in total. The van der Waals surface area contributed by atoms with Gasteiger partial charge in [-0.3, -0.25) is 4.79 Å². The van der Waals surface area contributed by atoms with Gasteiger partial charge in [0.05, 0.1) is 29.1 Å². The number of alkyl halides is 4. The van der Waals surface area contributed by atoms with Crippen LogP contribution < -0.4 is 4.74 Å². The lowest BCUT2D eigenvalue weighted by Crippen LogP contribution is -2.16. The van der Waals surface area contributed by atoms with Crippen molar-refractivity contribution in [3.05, 3.63) is 28.3 Å². The van der Waals surface area contributed by atoms with Crippen molar-refractivity contribution in [1.82, 2.24) is 0 Å². The van der Waals surface area contributed by atoms with Crippen LogP contribution in [0.1, 0.15) is 15.9 Å². The van der Waals surface area contributed by atoms with Gasteiger partial charge in [0.25, 0.3) is 0 Å². The highest BCUT2D eigenvalue weighted by molar-refractivity contribution is 6.34. The summed E-state index contributed by atoms with van der Waals surface area (Å²) in [6.45, 7) is 0. The third-order valence-electron chi connectivity index (χ3n) is 2.02. The molecule has 7 heteroatoms. The number of halogens is 5. The van der Waals surface area contributed by atoms with Gasteiger partial charge in [-0.2, -0.15) is 13.2 Å². The van der Waals surface area contributed by atoms with Crippen molar-refractivity contribution in [3.63, 3.8) is 0 Å². The monoisotopic (exact) mass is 286 g/mol. The number of methoxy groups -OCH3 is 1. The molecule has 0 spiro atoms. The number of hydrogen-bond donors (Lipinski definition) is 0. The standard InChI is InChI=1S/C10H7Cl2F3O2/c1-17-7-3-2-5(12)9(10(13,14)15)8(7)6(16)4-11/h2-3H,4H2,1H3. The summed E-state index contributed by atoms with van der Waals surface area (Å²) in [5.74, 6) is -1.68. The highest BCUT2D eigenvalue weighted by Crippen LogP contribution is 2.41. The van der Waals surface area contributed by atoms with Gasteiger partial charge in [0.15, 0.2) is 5.78 Å². The van der Waals surface area contributed by atoms with E-state index in [2.05, 4.69) is 0 Å². The molecule has 0 aliphatic carbocycles. The summed E-state index contributed by atoms with van der Waals surface area (Å²) >= 11 is 10.7. The predicted octanol–water partition coefficient (Wildman–Crippen LogP) is 3.79. The maximum absolute atomic E-state index is 12.8. The van der Waals surface area contributed by atoms with Crippen LogP contribution in [0.3, 0.4) is 0 Å². The highest BCUT2D eigenvalue weighted by atomic mass is 35.5. The average molecular weight is 287 g/mol. The van der Waals surface area contributed by atoms with Crippen LogP contribution >= 0.6 is 23.2 Å². The average Bonchev–Trinajstić information content (AvgIpc) is 2.25. The fraction of sp³-hybridized carbons (Fsp3) is 0.300. The minimum absolute atomic E-state index is 0.202. The molecule has 0 aliphatic rings. The van der Waals surface area contributed by atoms with Crippen molar-refractivity contribution >= 4 is 29.0 Å². The van der Waals surface area contributed by atoms with Crippen molar-refractivity contribution in [2.24, 2.45) is 0 Å². The van der Waals surface area contributed by atoms with Crippen LogP contribution in [-0.2, 0) is 6.18 Å². The second kappa shape index (κ2) is 5.14. The van der Waals surface area contributed by atoms with Crippen LogP contribution in [0.15, 0.2) is 12.1 Å². The first-order chi connectivity index (χ1) is 7.82. The number of hydrogen-bond acceptors (Lipinski definition) is 2. The molecule has 0 amide bonds. The van der Waals surface area contributed by atoms with Crippen molar-refractivity contribution in [2.45, 2.75) is 6.18 Å². The smallest absolute Gasteiger partial charge is 0.418 e. The number of ketones is 1. The Morgan fingerprint density at radius 3 is 2.41 bits per heavy atom. The molecule has 0 atom stereocenters. The molecule has 94 valence electrons. The van der Waals surface area contributed by atoms with Gasteiger partial charge in [0.1, 0.15) is 5.75 Å². The summed E-state index contributed by atoms with van der Waals surface area (Å²) in [6.07, 6.45) is -4.75. The molecule has 0 saturated carbocycles. The van der Waals surface area contributed by atoms with Gasteiger partial charge in [-0.05, 0) is 12.1 Å². The van der Waals surface area contributed by atoms with E-state index in [9.17, 15) is 18.0 Å². The summed E-state index contributed by atoms with van der Waals surface area (Å²) in [5.41, 5.74) is -1.85. The van der Waals surface area contributed by atoms with E-state index in [0.29, 0.717) is 0 Å². The number of carbonyl (C=O) groups is 1. The zero-order chi connectivity index (χ0) is 13.2. The lowest BCUT2D eigenvalue weighted by Gasteiger charge is -2.16. The first-order valence-corrected chi connectivity index (χ1v) is 5.27. The third-order valence-corrected chi connectivity index (χ3v) is 2.58. The quantitative estimate of drug-likeness (QED) is 0.624. The molecule has 0 saturated heterocycles. The highest BCUT2D eigenvalue weighted by Gasteiger charge is 2.39. The summed E-state index contributed by atoms with van der Waals surface area (Å²) in [4.78, 5) is 11.4. The Balaban J connectivity index is 3.60. The molecule has 17 heavy (non-hydrogen) atoms. The largest absolute Gasteiger partial charge is 0.496 e. The SMILES string of the molecule is COc1ccc(Cl)c(C(F)(F)F)c1C(=O)CCl. The Bertz CT molecular complexity index is 444. The summed E-state index contributed by atoms with van der Waals surface area (Å²) < 4.78 is 43.1. The van der Waals surface area contributed by atoms with Crippen LogP contribution in [0.5, 0.6) is 5.75 Å². The van der Waals surface area contributed by atoms with Crippen molar-refractivity contribution in [3.8, 4) is 5.75 Å². The van der Waals surface area contributed by atoms with Crippen LogP contribution in [-0.4, -0.2) is 18.8 Å². The zero-order valence-corrected chi connectivity index (χ0v) is 10.1. The van der Waals surface area contributed by atoms with E-state index in [1.165, 1.54) is 6.07 Å². The molecule has 1 aromatic rings. The molecule has 0 aliphatic heterocycles. The minimum Gasteiger partial charge on any atom is -0.496 e. The molecule has 1 aromatic carbocycles. The van der Waals surface area contributed by atoms with Crippen LogP contribution in [0.25, 0.3) is 0 Å². The first-order valence-electron chi connectivity index (χ1n) is 4.35. The molecule has 0 unspecified atom stereocenters. The van der Waals surface area contributed by atoms with Gasteiger partial charge in [-0.15, -0.1) is 11.6 Å². The fourth-order valence-electron chi connectivity index (χ4n) is 1.35. The fourth-order valence-corrected chi connectivity index (χ4v) is 1.75. The van der Waals surface area contributed by atoms with Gasteiger partial charge >= 0.3 is 6.18 Å². The van der Waals surface area contributed by atoms with E-state index < -0.39 is 34.0 Å². The molecular formula is C10H7Cl2F3O2. The van der Waals surface area contributed by atoms with Crippen molar-refractivity contribution in [2.75, 3.05) is 13.0 Å². The maximum atomic E-state index is 12.8. The number of rotatable bonds is 3. The second-order valence-corrected chi connectivity index (χ2v) is 3.73. The molecular weight excluding hydrogens is 280 g/mol. The van der Waals surface area contributed by atoms with Gasteiger partial charge in [0.2, 0.25) is 0 Å². The Morgan fingerprint density at radius 1 is 1.41 bits per heavy atom. The lowest BCUT2D eigenvalue weighted by molar-refractivity contribution is -0.137. The number of ether oxygens (including phenoxy) is 1. The summed E-state index contributed by atoms with van der Waals surface area (Å²) in [5, 5.41) is -0.563. The lowest BCUT2D eigenvalue weighted by atomic mass is 10.0. The Hall–Kier alpha value is -0.940. The van der Waals surface area contributed by atoms with E-state index in [1.807, 2.05) is 0 Å². The van der Waals surface area contributed by atoms with E-state index in [-0.39, 0.29) is 5.75 Å². The summed E-state index contributed by atoms with van der Waals surface area (Å²) in [6, 6.07) is 2.21. The first kappa shape index (κ1) is 14.1. The van der Waals surface area contributed by atoms with E-state index in [1.54, 1.807) is 0 Å². The molecule has 0 bridgehead atoms. The van der Waals surface area contributed by atoms with Crippen LogP contribution in [0.4, 0.5) is 13.2 Å². The number of benzene rings is 1. The van der Waals surface area contributed by atoms with Gasteiger partial charge in [-0.25, -0.2) is 0 Å². The second-order valence-electron chi connectivity index (χ2n) is 3.05.